The highest BCUT2D eigenvalue weighted by Crippen LogP contribution is 2.19. The molecule has 1 aliphatic heterocycles. The zero-order chi connectivity index (χ0) is 12.3. The molecule has 0 spiro atoms. The molecule has 16 heavy (non-hydrogen) atoms. The second kappa shape index (κ2) is 5.01. The van der Waals surface area contributed by atoms with E-state index in [0.29, 0.717) is 6.42 Å². The monoisotopic (exact) mass is 250 g/mol. The number of hydrogen-bond donors (Lipinski definition) is 0. The molecule has 1 saturated heterocycles. The highest BCUT2D eigenvalue weighted by atomic mass is 32.2. The number of sulfone groups is 1. The quantitative estimate of drug-likeness (QED) is 0.665. The molecule has 1 atom stereocenters. The zero-order valence-corrected chi connectivity index (χ0v) is 10.7. The van der Waals surface area contributed by atoms with Crippen molar-refractivity contribution in [2.75, 3.05) is 32.2 Å². The van der Waals surface area contributed by atoms with Crippen molar-refractivity contribution in [3.05, 3.63) is 0 Å². The lowest BCUT2D eigenvalue weighted by atomic mass is 10.2. The van der Waals surface area contributed by atoms with E-state index < -0.39 is 15.9 Å². The van der Waals surface area contributed by atoms with E-state index in [2.05, 4.69) is 0 Å². The Balaban J connectivity index is 2.76. The van der Waals surface area contributed by atoms with E-state index in [0.717, 1.165) is 0 Å². The first-order valence-electron chi connectivity index (χ1n) is 5.21. The van der Waals surface area contributed by atoms with Crippen molar-refractivity contribution in [1.29, 1.82) is 0 Å². The first-order valence-corrected chi connectivity index (χ1v) is 7.03. The molecule has 0 N–H and O–H groups in total. The molecule has 0 radical (unpaired) electrons. The summed E-state index contributed by atoms with van der Waals surface area (Å²) in [7, 11) is 0.394. The number of hydrogen-bond acceptors (Lipinski definition) is 5. The summed E-state index contributed by atoms with van der Waals surface area (Å²) in [4.78, 5) is 11.6. The average Bonchev–Trinajstić information content (AvgIpc) is 2.46. The number of amides is 1. The van der Waals surface area contributed by atoms with E-state index in [1.165, 1.54) is 5.01 Å². The van der Waals surface area contributed by atoms with Gasteiger partial charge in [-0.2, -0.15) is 0 Å². The van der Waals surface area contributed by atoms with E-state index in [9.17, 15) is 13.2 Å². The van der Waals surface area contributed by atoms with Gasteiger partial charge in [-0.25, -0.2) is 23.2 Å². The van der Waals surface area contributed by atoms with Crippen LogP contribution in [0.5, 0.6) is 0 Å². The molecule has 1 aliphatic rings. The van der Waals surface area contributed by atoms with Crippen LogP contribution in [0.3, 0.4) is 0 Å². The number of carbonyl (C=O) groups excluding carboxylic acids is 1. The third kappa shape index (κ3) is 3.08. The van der Waals surface area contributed by atoms with Gasteiger partial charge in [-0.15, -0.1) is 0 Å². The maximum atomic E-state index is 11.6. The zero-order valence-electron chi connectivity index (χ0n) is 9.84. The van der Waals surface area contributed by atoms with Crippen LogP contribution in [0.2, 0.25) is 0 Å². The van der Waals surface area contributed by atoms with Crippen molar-refractivity contribution in [3.8, 4) is 0 Å². The fourth-order valence-corrected chi connectivity index (χ4v) is 3.49. The molecule has 1 amide bonds. The number of hydrazine groups is 1. The van der Waals surface area contributed by atoms with Crippen molar-refractivity contribution in [2.24, 2.45) is 0 Å². The molecule has 0 aromatic rings. The molecular formula is C9H18N2O4S. The minimum atomic E-state index is -3.00. The molecule has 0 bridgehead atoms. The minimum absolute atomic E-state index is 0.0179. The summed E-state index contributed by atoms with van der Waals surface area (Å²) in [6.07, 6.45) is -0.0196. The Kier molecular flexibility index (Phi) is 4.15. The summed E-state index contributed by atoms with van der Waals surface area (Å²) in [5.41, 5.74) is 0. The van der Waals surface area contributed by atoms with Crippen LogP contribution < -0.4 is 0 Å². The number of ether oxygens (including phenoxy) is 1. The van der Waals surface area contributed by atoms with Gasteiger partial charge in [0, 0.05) is 14.1 Å². The van der Waals surface area contributed by atoms with Crippen LogP contribution in [0.1, 0.15) is 13.3 Å². The topological polar surface area (TPSA) is 66.9 Å². The highest BCUT2D eigenvalue weighted by molar-refractivity contribution is 7.91. The first-order chi connectivity index (χ1) is 7.37. The molecule has 6 nitrogen and oxygen atoms in total. The van der Waals surface area contributed by atoms with Gasteiger partial charge in [-0.1, -0.05) is 0 Å². The third-order valence-electron chi connectivity index (χ3n) is 2.44. The van der Waals surface area contributed by atoms with Gasteiger partial charge >= 0.3 is 6.09 Å². The van der Waals surface area contributed by atoms with Crippen LogP contribution in [0.15, 0.2) is 0 Å². The SMILES string of the molecule is CCOC(=O)N([C@@H]1CCS(=O)(=O)C1)N(C)C. The van der Waals surface area contributed by atoms with E-state index in [4.69, 9.17) is 4.74 Å². The largest absolute Gasteiger partial charge is 0.449 e. The van der Waals surface area contributed by atoms with E-state index >= 15 is 0 Å². The Morgan fingerprint density at radius 2 is 2.06 bits per heavy atom. The summed E-state index contributed by atoms with van der Waals surface area (Å²) in [5.74, 6) is 0.158. The molecule has 1 fully saturated rings. The number of nitrogens with zero attached hydrogens (tertiary/aromatic N) is 2. The van der Waals surface area contributed by atoms with Gasteiger partial charge in [0.1, 0.15) is 0 Å². The highest BCUT2D eigenvalue weighted by Gasteiger charge is 2.36. The van der Waals surface area contributed by atoms with Gasteiger partial charge in [-0.05, 0) is 13.3 Å². The Morgan fingerprint density at radius 1 is 1.44 bits per heavy atom. The molecule has 7 heteroatoms. The van der Waals surface area contributed by atoms with Gasteiger partial charge in [0.05, 0.1) is 24.2 Å². The Hall–Kier alpha value is -0.820. The molecule has 0 saturated carbocycles. The molecule has 0 aliphatic carbocycles. The smallest absolute Gasteiger partial charge is 0.424 e. The van der Waals surface area contributed by atoms with Crippen LogP contribution in [0.4, 0.5) is 4.79 Å². The molecule has 0 aromatic heterocycles. The lowest BCUT2D eigenvalue weighted by Crippen LogP contribution is -2.49. The maximum absolute atomic E-state index is 11.6. The third-order valence-corrected chi connectivity index (χ3v) is 4.19. The second-order valence-electron chi connectivity index (χ2n) is 3.95. The summed E-state index contributed by atoms with van der Waals surface area (Å²) < 4.78 is 27.6. The van der Waals surface area contributed by atoms with Crippen LogP contribution in [0.25, 0.3) is 0 Å². The summed E-state index contributed by atoms with van der Waals surface area (Å²) in [6.45, 7) is 2.00. The van der Waals surface area contributed by atoms with Crippen molar-refractivity contribution in [1.82, 2.24) is 10.0 Å². The van der Waals surface area contributed by atoms with Crippen LogP contribution in [-0.2, 0) is 14.6 Å². The summed E-state index contributed by atoms with van der Waals surface area (Å²) in [5, 5.41) is 2.94. The lowest BCUT2D eigenvalue weighted by molar-refractivity contribution is -0.00948. The van der Waals surface area contributed by atoms with Crippen molar-refractivity contribution >= 4 is 15.9 Å². The van der Waals surface area contributed by atoms with Gasteiger partial charge in [0.15, 0.2) is 9.84 Å². The van der Waals surface area contributed by atoms with Gasteiger partial charge in [0.25, 0.3) is 0 Å². The average molecular weight is 250 g/mol. The normalized spacial score (nSPS) is 23.4. The van der Waals surface area contributed by atoms with Crippen molar-refractivity contribution in [2.45, 2.75) is 19.4 Å². The van der Waals surface area contributed by atoms with Crippen molar-refractivity contribution < 1.29 is 17.9 Å². The molecule has 94 valence electrons. The molecule has 0 aromatic carbocycles. The summed E-state index contributed by atoms with van der Waals surface area (Å²) in [6, 6.07) is -0.306. The second-order valence-corrected chi connectivity index (χ2v) is 6.18. The van der Waals surface area contributed by atoms with Gasteiger partial charge < -0.3 is 4.74 Å². The van der Waals surface area contributed by atoms with Gasteiger partial charge in [-0.3, -0.25) is 0 Å². The minimum Gasteiger partial charge on any atom is -0.449 e. The standard InChI is InChI=1S/C9H18N2O4S/c1-4-15-9(12)11(10(2)3)8-5-6-16(13,14)7-8/h8H,4-7H2,1-3H3/t8-/m1/s1. The molecule has 0 unspecified atom stereocenters. The number of rotatable bonds is 3. The predicted octanol–water partition coefficient (Wildman–Crippen LogP) is 0.109. The predicted molar refractivity (Wildman–Crippen MR) is 59.6 cm³/mol. The van der Waals surface area contributed by atoms with E-state index in [-0.39, 0.29) is 24.2 Å². The molecule has 1 rings (SSSR count). The van der Waals surface area contributed by atoms with E-state index in [1.54, 1.807) is 26.0 Å². The fraction of sp³-hybridized carbons (Fsp3) is 0.889. The Labute approximate surface area is 96.0 Å². The van der Waals surface area contributed by atoms with Crippen LogP contribution in [0, 0.1) is 0 Å². The molecular weight excluding hydrogens is 232 g/mol. The van der Waals surface area contributed by atoms with Crippen molar-refractivity contribution in [3.63, 3.8) is 0 Å². The first kappa shape index (κ1) is 13.2. The van der Waals surface area contributed by atoms with Crippen LogP contribution >= 0.6 is 0 Å². The summed E-state index contributed by atoms with van der Waals surface area (Å²) >= 11 is 0. The fourth-order valence-electron chi connectivity index (χ4n) is 1.80. The lowest BCUT2D eigenvalue weighted by Gasteiger charge is -2.32. The maximum Gasteiger partial charge on any atom is 0.424 e. The van der Waals surface area contributed by atoms with Gasteiger partial charge in [0.2, 0.25) is 0 Å². The van der Waals surface area contributed by atoms with Crippen LogP contribution in [-0.4, -0.2) is 62.8 Å². The Bertz CT molecular complexity index is 353. The number of carbonyl (C=O) groups is 1. The molecule has 1 heterocycles. The Morgan fingerprint density at radius 3 is 2.44 bits per heavy atom. The van der Waals surface area contributed by atoms with E-state index in [1.807, 2.05) is 0 Å².